The van der Waals surface area contributed by atoms with Crippen LogP contribution >= 0.6 is 0 Å². The van der Waals surface area contributed by atoms with Crippen LogP contribution in [0.3, 0.4) is 0 Å². The second kappa shape index (κ2) is 5.54. The number of rotatable bonds is 7. The summed E-state index contributed by atoms with van der Waals surface area (Å²) < 4.78 is 0. The van der Waals surface area contributed by atoms with E-state index in [-0.39, 0.29) is 0 Å². The third-order valence-electron chi connectivity index (χ3n) is 3.82. The Labute approximate surface area is 105 Å². The summed E-state index contributed by atoms with van der Waals surface area (Å²) in [5.41, 5.74) is 7.67. The molecule has 94 valence electrons. The lowest BCUT2D eigenvalue weighted by Crippen LogP contribution is -2.35. The standard InChI is InChI=1S/C15H24N2/c1-2-3-11-17(13-15(12-16)9-10-15)14-7-5-4-6-8-14/h4-8H,2-3,9-13,16H2,1H3. The average Bonchev–Trinajstić information content (AvgIpc) is 3.16. The van der Waals surface area contributed by atoms with Gasteiger partial charge in [0, 0.05) is 24.2 Å². The van der Waals surface area contributed by atoms with Gasteiger partial charge in [-0.3, -0.25) is 0 Å². The Morgan fingerprint density at radius 1 is 1.24 bits per heavy atom. The third-order valence-corrected chi connectivity index (χ3v) is 3.82. The molecule has 0 amide bonds. The molecule has 1 fully saturated rings. The normalized spacial score (nSPS) is 16.8. The van der Waals surface area contributed by atoms with E-state index >= 15 is 0 Å². The third kappa shape index (κ3) is 3.22. The maximum atomic E-state index is 5.90. The molecule has 0 aromatic heterocycles. The molecule has 0 spiro atoms. The fraction of sp³-hybridized carbons (Fsp3) is 0.600. The topological polar surface area (TPSA) is 29.3 Å². The number of nitrogens with zero attached hydrogens (tertiary/aromatic N) is 1. The van der Waals surface area contributed by atoms with Crippen LogP contribution in [0.15, 0.2) is 30.3 Å². The molecule has 1 aliphatic carbocycles. The van der Waals surface area contributed by atoms with Crippen molar-refractivity contribution in [3.63, 3.8) is 0 Å². The van der Waals surface area contributed by atoms with Gasteiger partial charge in [0.05, 0.1) is 0 Å². The monoisotopic (exact) mass is 232 g/mol. The molecule has 0 saturated heterocycles. The van der Waals surface area contributed by atoms with Crippen molar-refractivity contribution in [2.24, 2.45) is 11.1 Å². The minimum atomic E-state index is 0.420. The average molecular weight is 232 g/mol. The molecule has 0 bridgehead atoms. The van der Waals surface area contributed by atoms with E-state index in [0.717, 1.165) is 19.6 Å². The SMILES string of the molecule is CCCCN(CC1(CN)CC1)c1ccccc1. The highest BCUT2D eigenvalue weighted by molar-refractivity contribution is 5.46. The fourth-order valence-corrected chi connectivity index (χ4v) is 2.30. The van der Waals surface area contributed by atoms with Crippen molar-refractivity contribution in [3.05, 3.63) is 30.3 Å². The molecule has 1 saturated carbocycles. The molecule has 0 unspecified atom stereocenters. The van der Waals surface area contributed by atoms with Crippen LogP contribution in [-0.2, 0) is 0 Å². The van der Waals surface area contributed by atoms with Crippen molar-refractivity contribution >= 4 is 5.69 Å². The summed E-state index contributed by atoms with van der Waals surface area (Å²) in [5, 5.41) is 0. The van der Waals surface area contributed by atoms with E-state index in [2.05, 4.69) is 42.2 Å². The first-order valence-corrected chi connectivity index (χ1v) is 6.80. The summed E-state index contributed by atoms with van der Waals surface area (Å²) in [7, 11) is 0. The summed E-state index contributed by atoms with van der Waals surface area (Å²) >= 11 is 0. The highest BCUT2D eigenvalue weighted by Gasteiger charge is 2.42. The van der Waals surface area contributed by atoms with Crippen molar-refractivity contribution < 1.29 is 0 Å². The van der Waals surface area contributed by atoms with E-state index in [1.54, 1.807) is 0 Å². The minimum absolute atomic E-state index is 0.420. The van der Waals surface area contributed by atoms with Crippen molar-refractivity contribution in [1.82, 2.24) is 0 Å². The molecule has 2 nitrogen and oxygen atoms in total. The number of hydrogen-bond acceptors (Lipinski definition) is 2. The predicted molar refractivity (Wildman–Crippen MR) is 74.3 cm³/mol. The van der Waals surface area contributed by atoms with Crippen molar-refractivity contribution in [2.75, 3.05) is 24.5 Å². The lowest BCUT2D eigenvalue weighted by atomic mass is 10.1. The fourth-order valence-electron chi connectivity index (χ4n) is 2.30. The summed E-state index contributed by atoms with van der Waals surface area (Å²) in [6.45, 7) is 5.37. The molecule has 0 radical (unpaired) electrons. The van der Waals surface area contributed by atoms with E-state index in [1.807, 2.05) is 0 Å². The Bertz CT molecular complexity index is 330. The van der Waals surface area contributed by atoms with Gasteiger partial charge >= 0.3 is 0 Å². The first-order chi connectivity index (χ1) is 8.29. The largest absolute Gasteiger partial charge is 0.371 e. The number of benzene rings is 1. The molecule has 0 atom stereocenters. The molecule has 2 heteroatoms. The smallest absolute Gasteiger partial charge is 0.0366 e. The summed E-state index contributed by atoms with van der Waals surface area (Å²) in [6, 6.07) is 10.7. The number of anilines is 1. The summed E-state index contributed by atoms with van der Waals surface area (Å²) in [4.78, 5) is 2.52. The molecule has 1 aliphatic rings. The van der Waals surface area contributed by atoms with Crippen molar-refractivity contribution in [2.45, 2.75) is 32.6 Å². The highest BCUT2D eigenvalue weighted by atomic mass is 15.1. The molecule has 2 rings (SSSR count). The Morgan fingerprint density at radius 2 is 1.94 bits per heavy atom. The first-order valence-electron chi connectivity index (χ1n) is 6.80. The molecule has 17 heavy (non-hydrogen) atoms. The molecular weight excluding hydrogens is 208 g/mol. The van der Waals surface area contributed by atoms with Crippen LogP contribution in [0.5, 0.6) is 0 Å². The summed E-state index contributed by atoms with van der Waals surface area (Å²) in [5.74, 6) is 0. The first kappa shape index (κ1) is 12.4. The van der Waals surface area contributed by atoms with Gasteiger partial charge < -0.3 is 10.6 Å². The van der Waals surface area contributed by atoms with Gasteiger partial charge in [0.1, 0.15) is 0 Å². The Balaban J connectivity index is 2.03. The molecule has 0 aliphatic heterocycles. The van der Waals surface area contributed by atoms with E-state index in [1.165, 1.54) is 31.4 Å². The van der Waals surface area contributed by atoms with E-state index in [4.69, 9.17) is 5.73 Å². The number of unbranched alkanes of at least 4 members (excludes halogenated alkanes) is 1. The van der Waals surface area contributed by atoms with Gasteiger partial charge in [0.25, 0.3) is 0 Å². The Morgan fingerprint density at radius 3 is 2.47 bits per heavy atom. The van der Waals surface area contributed by atoms with Crippen LogP contribution < -0.4 is 10.6 Å². The Kier molecular flexibility index (Phi) is 4.06. The van der Waals surface area contributed by atoms with Gasteiger partial charge in [-0.15, -0.1) is 0 Å². The van der Waals surface area contributed by atoms with E-state index in [9.17, 15) is 0 Å². The zero-order chi connectivity index (χ0) is 12.1. The van der Waals surface area contributed by atoms with Crippen molar-refractivity contribution in [1.29, 1.82) is 0 Å². The van der Waals surface area contributed by atoms with Crippen molar-refractivity contribution in [3.8, 4) is 0 Å². The van der Waals surface area contributed by atoms with E-state index < -0.39 is 0 Å². The number of nitrogens with two attached hydrogens (primary N) is 1. The molecular formula is C15H24N2. The zero-order valence-corrected chi connectivity index (χ0v) is 10.9. The molecule has 1 aromatic carbocycles. The maximum absolute atomic E-state index is 5.90. The van der Waals surface area contributed by atoms with Crippen LogP contribution in [0.1, 0.15) is 32.6 Å². The van der Waals surface area contributed by atoms with Crippen LogP contribution in [-0.4, -0.2) is 19.6 Å². The zero-order valence-electron chi connectivity index (χ0n) is 10.9. The minimum Gasteiger partial charge on any atom is -0.371 e. The number of para-hydroxylation sites is 1. The summed E-state index contributed by atoms with van der Waals surface area (Å²) in [6.07, 6.45) is 5.12. The van der Waals surface area contributed by atoms with E-state index in [0.29, 0.717) is 5.41 Å². The lowest BCUT2D eigenvalue weighted by Gasteiger charge is -2.29. The van der Waals surface area contributed by atoms with Gasteiger partial charge in [-0.25, -0.2) is 0 Å². The van der Waals surface area contributed by atoms with Crippen LogP contribution in [0.2, 0.25) is 0 Å². The lowest BCUT2D eigenvalue weighted by molar-refractivity contribution is 0.504. The van der Waals surface area contributed by atoms with Gasteiger partial charge in [-0.1, -0.05) is 31.5 Å². The van der Waals surface area contributed by atoms with Gasteiger partial charge in [-0.05, 0) is 37.9 Å². The Hall–Kier alpha value is -1.02. The van der Waals surface area contributed by atoms with Gasteiger partial charge in [-0.2, -0.15) is 0 Å². The van der Waals surface area contributed by atoms with Crippen LogP contribution in [0.4, 0.5) is 5.69 Å². The van der Waals surface area contributed by atoms with Gasteiger partial charge in [0.15, 0.2) is 0 Å². The highest BCUT2D eigenvalue weighted by Crippen LogP contribution is 2.45. The number of hydrogen-bond donors (Lipinski definition) is 1. The second-order valence-corrected chi connectivity index (χ2v) is 5.31. The molecule has 0 heterocycles. The molecule has 1 aromatic rings. The second-order valence-electron chi connectivity index (χ2n) is 5.31. The predicted octanol–water partition coefficient (Wildman–Crippen LogP) is 3.03. The van der Waals surface area contributed by atoms with Gasteiger partial charge in [0.2, 0.25) is 0 Å². The maximum Gasteiger partial charge on any atom is 0.0366 e. The quantitative estimate of drug-likeness (QED) is 0.783. The van der Waals surface area contributed by atoms with Crippen LogP contribution in [0, 0.1) is 5.41 Å². The van der Waals surface area contributed by atoms with Crippen LogP contribution in [0.25, 0.3) is 0 Å². The molecule has 2 N–H and O–H groups in total.